The van der Waals surface area contributed by atoms with Crippen LogP contribution in [-0.2, 0) is 0 Å². The SMILES string of the molecule is [C-]#[NH+].[C-]#[NH+]. The maximum atomic E-state index is 5.00. The van der Waals surface area contributed by atoms with Crippen molar-refractivity contribution in [2.24, 2.45) is 0 Å². The van der Waals surface area contributed by atoms with E-state index < -0.39 is 0 Å². The van der Waals surface area contributed by atoms with Gasteiger partial charge in [0.1, 0.15) is 0 Å². The van der Waals surface area contributed by atoms with E-state index in [0.29, 0.717) is 0 Å². The van der Waals surface area contributed by atoms with Crippen LogP contribution in [-0.4, -0.2) is 0 Å². The topological polar surface area (TPSA) is 47.6 Å². The third-order valence-electron chi connectivity index (χ3n) is 0. The molecule has 0 aromatic carbocycles. The van der Waals surface area contributed by atoms with Gasteiger partial charge in [-0.25, -0.2) is 13.1 Å². The first kappa shape index (κ1) is 12.2. The minimum absolute atomic E-state index is 5.00. The zero-order valence-corrected chi connectivity index (χ0v) is 2.00. The molecule has 0 fully saturated rings. The van der Waals surface area contributed by atoms with E-state index in [9.17, 15) is 0 Å². The Hall–Kier alpha value is -1.02. The zero-order valence-electron chi connectivity index (χ0n) is 2.00. The molecule has 0 saturated heterocycles. The van der Waals surface area contributed by atoms with E-state index in [1.807, 2.05) is 0 Å². The maximum Gasteiger partial charge on any atom is -0.238 e. The highest BCUT2D eigenvalue weighted by Crippen LogP contribution is 0.235. The number of rotatable bonds is 0. The van der Waals surface area contributed by atoms with Gasteiger partial charge in [-0.05, 0) is 0 Å². The molecule has 4 heavy (non-hydrogen) atoms. The molecule has 0 rings (SSSR count). The van der Waals surface area contributed by atoms with Crippen LogP contribution in [0.2, 0.25) is 0 Å². The number of nitrogens with one attached hydrogen (secondary N) is 2. The van der Waals surface area contributed by atoms with Crippen molar-refractivity contribution in [3.05, 3.63) is 13.1 Å². The lowest BCUT2D eigenvalue weighted by molar-refractivity contribution is -0.100. The Morgan fingerprint density at radius 3 is 0.750 bits per heavy atom. The maximum absolute atomic E-state index is 5.00. The summed E-state index contributed by atoms with van der Waals surface area (Å²) in [5.41, 5.74) is 0. The minimum atomic E-state index is 5.00. The second-order valence-corrected chi connectivity index (χ2v) is 0. The molecule has 2 heteroatoms. The normalized spacial score (nSPS) is 1.00. The summed E-state index contributed by atoms with van der Waals surface area (Å²) in [6.07, 6.45) is 0. The van der Waals surface area contributed by atoms with Crippen LogP contribution in [0.25, 0.3) is 0 Å². The predicted octanol–water partition coefficient (Wildman–Crippen LogP) is -3.31. The fraction of sp³-hybridized carbons (Fsp3) is 0. The third kappa shape index (κ3) is 0.000377. The molecule has 0 bridgehead atoms. The van der Waals surface area contributed by atoms with Gasteiger partial charge in [-0.3, -0.25) is 0 Å². The minimum Gasteiger partial charge on any atom is -0.335 e. The molecular formula is C2H2N2. The van der Waals surface area contributed by atoms with Crippen LogP contribution in [0, 0.1) is 13.1 Å². The molecule has 0 unspecified atom stereocenters. The van der Waals surface area contributed by atoms with E-state index in [1.54, 1.807) is 0 Å². The molecule has 2 N–H and O–H groups in total. The van der Waals surface area contributed by atoms with Gasteiger partial charge >= 0.3 is 0 Å². The summed E-state index contributed by atoms with van der Waals surface area (Å²) in [5.74, 6) is 0. The van der Waals surface area contributed by atoms with Crippen LogP contribution in [0.3, 0.4) is 0 Å². The average molecular weight is 54.1 g/mol. The Morgan fingerprint density at radius 1 is 0.750 bits per heavy atom. The van der Waals surface area contributed by atoms with Crippen LogP contribution in [0.1, 0.15) is 0 Å². The quantitative estimate of drug-likeness (QED) is 0.272. The zero-order chi connectivity index (χ0) is 4.00. The van der Waals surface area contributed by atoms with Gasteiger partial charge in [0.15, 0.2) is 0 Å². The van der Waals surface area contributed by atoms with E-state index in [2.05, 4.69) is 0 Å². The summed E-state index contributed by atoms with van der Waals surface area (Å²) < 4.78 is 0. The molecule has 0 aliphatic carbocycles. The van der Waals surface area contributed by atoms with Gasteiger partial charge in [0.2, 0.25) is 0 Å². The molecule has 0 saturated carbocycles. The second kappa shape index (κ2) is 1.83. The van der Waals surface area contributed by atoms with Crippen LogP contribution < -0.4 is 10.5 Å². The molecule has 0 aromatic heterocycles. The van der Waals surface area contributed by atoms with Gasteiger partial charge < -0.3 is 10.5 Å². The lowest BCUT2D eigenvalue weighted by atomic mass is 11.9. The van der Waals surface area contributed by atoms with Crippen LogP contribution in [0.4, 0.5) is 0 Å². The average Bonchev–Trinajstić information content (AvgIpc) is 1.50. The fourth-order valence-electron chi connectivity index (χ4n) is 0. The van der Waals surface area contributed by atoms with E-state index in [1.165, 1.54) is 0 Å². The summed E-state index contributed by atoms with van der Waals surface area (Å²) in [5, 5.41) is 10.0. The molecule has 0 spiro atoms. The molecule has 2 nitrogen and oxygen atoms in total. The highest BCUT2D eigenvalue weighted by Gasteiger charge is 0.295. The number of hydrogen-bond donors (Lipinski definition) is 2. The lowest BCUT2D eigenvalue weighted by Crippen LogP contribution is -2.10. The summed E-state index contributed by atoms with van der Waals surface area (Å²) >= 11 is 0. The summed E-state index contributed by atoms with van der Waals surface area (Å²) in [6, 6.07) is 0. The van der Waals surface area contributed by atoms with E-state index in [-0.39, 0.29) is 0 Å². The summed E-state index contributed by atoms with van der Waals surface area (Å²) in [6.45, 7) is 10.0. The van der Waals surface area contributed by atoms with Crippen molar-refractivity contribution >= 4 is 0 Å². The van der Waals surface area contributed by atoms with Crippen molar-refractivity contribution in [1.82, 2.24) is 0 Å². The fourth-order valence-corrected chi connectivity index (χ4v) is 0. The Kier molecular flexibility index (Phi) is 5.56. The van der Waals surface area contributed by atoms with Crippen LogP contribution in [0.5, 0.6) is 0 Å². The largest absolute Gasteiger partial charge is 0.335 e. The Labute approximate surface area is 24.9 Å². The van der Waals surface area contributed by atoms with Gasteiger partial charge in [0.05, 0.1) is 0 Å². The van der Waals surface area contributed by atoms with E-state index in [0.717, 1.165) is 0 Å². The van der Waals surface area contributed by atoms with E-state index in [4.69, 9.17) is 23.7 Å². The first-order valence-electron chi connectivity index (χ1n) is 0.500. The second-order valence-electron chi connectivity index (χ2n) is 0. The molecule has 0 aromatic rings. The van der Waals surface area contributed by atoms with Crippen molar-refractivity contribution in [3.63, 3.8) is 0 Å². The van der Waals surface area contributed by atoms with Crippen molar-refractivity contribution < 1.29 is 10.5 Å². The van der Waals surface area contributed by atoms with Gasteiger partial charge in [-0.2, -0.15) is 0 Å². The highest BCUT2D eigenvalue weighted by atomic mass is 14.2. The lowest BCUT2D eigenvalue weighted by Gasteiger charge is -0.866. The third-order valence-corrected chi connectivity index (χ3v) is 0. The monoisotopic (exact) mass is 54.0 g/mol. The molecule has 0 aliphatic heterocycles. The standard InChI is InChI=1S/2CHN/c2*1-2/h2*2H. The Balaban J connectivity index is 0. The van der Waals surface area contributed by atoms with Gasteiger partial charge in [0.25, 0.3) is 0 Å². The molecular weight excluding hydrogens is 52.0 g/mol. The van der Waals surface area contributed by atoms with Gasteiger partial charge in [0, 0.05) is 0 Å². The summed E-state index contributed by atoms with van der Waals surface area (Å²) in [4.78, 5) is 0. The van der Waals surface area contributed by atoms with Crippen molar-refractivity contribution in [3.8, 4) is 0 Å². The Bertz CT molecular complexity index is 19.5. The molecule has 0 heterocycles. The van der Waals surface area contributed by atoms with E-state index >= 15 is 0 Å². The predicted molar refractivity (Wildman–Crippen MR) is 8.41 cm³/mol. The molecule has 0 atom stereocenters. The first-order valence-corrected chi connectivity index (χ1v) is 0.500. The van der Waals surface area contributed by atoms with Gasteiger partial charge in [-0.15, -0.1) is 0 Å². The first-order chi connectivity index (χ1) is 2.00. The highest BCUT2D eigenvalue weighted by molar-refractivity contribution is 3.34. The van der Waals surface area contributed by atoms with Crippen molar-refractivity contribution in [1.29, 1.82) is 0 Å². The molecule has 0 radical (unpaired) electrons. The Morgan fingerprint density at radius 2 is 0.750 bits per heavy atom. The summed E-state index contributed by atoms with van der Waals surface area (Å²) in [7, 11) is 0. The molecule has 0 aliphatic rings. The van der Waals surface area contributed by atoms with Crippen LogP contribution in [0.15, 0.2) is 0 Å². The molecule has 0 amide bonds. The van der Waals surface area contributed by atoms with Crippen LogP contribution >= 0.6 is 0 Å². The van der Waals surface area contributed by atoms with Gasteiger partial charge in [-0.1, -0.05) is 0 Å². The smallest absolute Gasteiger partial charge is 0.238 e. The number of hydrogen-bond acceptors (Lipinski definition) is 0. The van der Waals surface area contributed by atoms with Crippen molar-refractivity contribution in [2.45, 2.75) is 0 Å². The molecule has 20 valence electrons. The van der Waals surface area contributed by atoms with Crippen molar-refractivity contribution in [2.75, 3.05) is 0 Å².